The number of hydrogen-bond acceptors (Lipinski definition) is 2. The highest BCUT2D eigenvalue weighted by molar-refractivity contribution is 6.40. The second-order valence-electron chi connectivity index (χ2n) is 3.11. The van der Waals surface area contributed by atoms with Crippen molar-refractivity contribution in [2.24, 2.45) is 0 Å². The van der Waals surface area contributed by atoms with E-state index in [9.17, 15) is 0 Å². The first-order chi connectivity index (χ1) is 5.59. The molecule has 0 radical (unpaired) electrons. The minimum absolute atomic E-state index is 0.313. The maximum atomic E-state index is 8.78. The molecule has 0 bridgehead atoms. The molecule has 0 saturated heterocycles. The van der Waals surface area contributed by atoms with E-state index in [1.807, 2.05) is 32.0 Å². The molecule has 0 aliphatic carbocycles. The van der Waals surface area contributed by atoms with Gasteiger partial charge in [-0.2, -0.15) is 0 Å². The van der Waals surface area contributed by atoms with Crippen molar-refractivity contribution in [3.63, 3.8) is 0 Å². The van der Waals surface area contributed by atoms with Crippen molar-refractivity contribution in [2.45, 2.75) is 20.2 Å². The van der Waals surface area contributed by atoms with Crippen molar-refractivity contribution in [2.75, 3.05) is 0 Å². The maximum absolute atomic E-state index is 8.78. The van der Waals surface area contributed by atoms with Crippen LogP contribution in [0.15, 0.2) is 18.2 Å². The van der Waals surface area contributed by atoms with E-state index in [1.165, 1.54) is 0 Å². The molecule has 0 atom stereocenters. The Labute approximate surface area is 73.0 Å². The summed E-state index contributed by atoms with van der Waals surface area (Å²) < 4.78 is 0. The minimum atomic E-state index is -1.24. The first-order valence-electron chi connectivity index (χ1n) is 4.02. The van der Waals surface area contributed by atoms with Crippen molar-refractivity contribution in [3.8, 4) is 0 Å². The van der Waals surface area contributed by atoms with Gasteiger partial charge < -0.3 is 10.0 Å². The molecular formula is C9H13BO2. The van der Waals surface area contributed by atoms with Crippen molar-refractivity contribution >= 4 is 7.12 Å². The molecule has 0 fully saturated rings. The van der Waals surface area contributed by atoms with E-state index in [-0.39, 0.29) is 0 Å². The smallest absolute Gasteiger partial charge is 0.427 e. The Morgan fingerprint density at radius 3 is 2.50 bits per heavy atom. The van der Waals surface area contributed by atoms with Crippen LogP contribution < -0.4 is 0 Å². The summed E-state index contributed by atoms with van der Waals surface area (Å²) in [5, 5.41) is 17.6. The van der Waals surface area contributed by atoms with Gasteiger partial charge in [-0.05, 0) is 25.0 Å². The van der Waals surface area contributed by atoms with Crippen LogP contribution in [0.25, 0.3) is 0 Å². The van der Waals surface area contributed by atoms with Gasteiger partial charge in [0.05, 0.1) is 0 Å². The van der Waals surface area contributed by atoms with E-state index >= 15 is 0 Å². The van der Waals surface area contributed by atoms with Crippen molar-refractivity contribution in [1.29, 1.82) is 0 Å². The largest absolute Gasteiger partial charge is 0.456 e. The molecule has 1 rings (SSSR count). The van der Waals surface area contributed by atoms with Crippen LogP contribution in [0.2, 0.25) is 0 Å². The third-order valence-electron chi connectivity index (χ3n) is 1.91. The summed E-state index contributed by atoms with van der Waals surface area (Å²) in [6.45, 7) is 3.96. The van der Waals surface area contributed by atoms with Gasteiger partial charge in [0.1, 0.15) is 0 Å². The second-order valence-corrected chi connectivity index (χ2v) is 3.11. The SMILES string of the molecule is Cc1ccc(C)c(CB(O)O)c1. The van der Waals surface area contributed by atoms with Crippen LogP contribution >= 0.6 is 0 Å². The molecule has 0 aliphatic rings. The van der Waals surface area contributed by atoms with E-state index < -0.39 is 7.12 Å². The Morgan fingerprint density at radius 1 is 1.25 bits per heavy atom. The van der Waals surface area contributed by atoms with Crippen LogP contribution in [0.1, 0.15) is 16.7 Å². The van der Waals surface area contributed by atoms with Crippen molar-refractivity contribution in [1.82, 2.24) is 0 Å². The zero-order valence-electron chi connectivity index (χ0n) is 7.41. The number of rotatable bonds is 2. The van der Waals surface area contributed by atoms with Gasteiger partial charge in [0.2, 0.25) is 0 Å². The molecular weight excluding hydrogens is 151 g/mol. The fraction of sp³-hybridized carbons (Fsp3) is 0.333. The standard InChI is InChI=1S/C9H13BO2/c1-7-3-4-8(2)9(5-7)6-10(11)12/h3-5,11-12H,6H2,1-2H3. The zero-order chi connectivity index (χ0) is 9.14. The van der Waals surface area contributed by atoms with Crippen LogP contribution in [0.4, 0.5) is 0 Å². The Kier molecular flexibility index (Phi) is 2.90. The maximum Gasteiger partial charge on any atom is 0.456 e. The number of aryl methyl sites for hydroxylation is 2. The molecule has 2 N–H and O–H groups in total. The minimum Gasteiger partial charge on any atom is -0.427 e. The van der Waals surface area contributed by atoms with Crippen LogP contribution in [0.5, 0.6) is 0 Å². The topological polar surface area (TPSA) is 40.5 Å². The summed E-state index contributed by atoms with van der Waals surface area (Å²) in [7, 11) is -1.24. The Morgan fingerprint density at radius 2 is 1.92 bits per heavy atom. The predicted molar refractivity (Wildman–Crippen MR) is 49.8 cm³/mol. The monoisotopic (exact) mass is 164 g/mol. The highest BCUT2D eigenvalue weighted by Gasteiger charge is 2.09. The van der Waals surface area contributed by atoms with Gasteiger partial charge in [-0.3, -0.25) is 0 Å². The van der Waals surface area contributed by atoms with E-state index in [0.29, 0.717) is 6.32 Å². The molecule has 12 heavy (non-hydrogen) atoms. The molecule has 0 unspecified atom stereocenters. The third kappa shape index (κ3) is 2.36. The summed E-state index contributed by atoms with van der Waals surface area (Å²) >= 11 is 0. The number of benzene rings is 1. The Balaban J connectivity index is 2.90. The van der Waals surface area contributed by atoms with Crippen molar-refractivity contribution in [3.05, 3.63) is 34.9 Å². The molecule has 64 valence electrons. The second kappa shape index (κ2) is 3.74. The molecule has 0 amide bonds. The van der Waals surface area contributed by atoms with Gasteiger partial charge in [-0.25, -0.2) is 0 Å². The first-order valence-corrected chi connectivity index (χ1v) is 4.02. The summed E-state index contributed by atoms with van der Waals surface area (Å²) in [6, 6.07) is 5.99. The average Bonchev–Trinajstić information content (AvgIpc) is 1.96. The molecule has 1 aromatic rings. The molecule has 1 aromatic carbocycles. The predicted octanol–water partition coefficient (Wildman–Crippen LogP) is 0.858. The van der Waals surface area contributed by atoms with Crippen LogP contribution in [-0.2, 0) is 6.32 Å². The van der Waals surface area contributed by atoms with Crippen LogP contribution in [0.3, 0.4) is 0 Å². The Bertz CT molecular complexity index is 271. The molecule has 3 heteroatoms. The fourth-order valence-corrected chi connectivity index (χ4v) is 1.22. The average molecular weight is 164 g/mol. The fourth-order valence-electron chi connectivity index (χ4n) is 1.22. The highest BCUT2D eigenvalue weighted by atomic mass is 16.4. The highest BCUT2D eigenvalue weighted by Crippen LogP contribution is 2.11. The summed E-state index contributed by atoms with van der Waals surface area (Å²) in [5.41, 5.74) is 3.26. The van der Waals surface area contributed by atoms with Gasteiger partial charge in [0, 0.05) is 6.32 Å². The lowest BCUT2D eigenvalue weighted by molar-refractivity contribution is 0.405. The molecule has 0 heterocycles. The molecule has 0 saturated carbocycles. The van der Waals surface area contributed by atoms with Gasteiger partial charge in [-0.1, -0.05) is 23.8 Å². The van der Waals surface area contributed by atoms with Crippen LogP contribution in [0, 0.1) is 13.8 Å². The normalized spacial score (nSPS) is 10.0. The molecule has 0 aromatic heterocycles. The number of hydrogen-bond donors (Lipinski definition) is 2. The molecule has 0 aliphatic heterocycles. The van der Waals surface area contributed by atoms with Gasteiger partial charge in [0.15, 0.2) is 0 Å². The quantitative estimate of drug-likeness (QED) is 0.636. The van der Waals surface area contributed by atoms with E-state index in [1.54, 1.807) is 0 Å². The lowest BCUT2D eigenvalue weighted by Crippen LogP contribution is -2.15. The lowest BCUT2D eigenvalue weighted by atomic mass is 9.80. The van der Waals surface area contributed by atoms with E-state index in [4.69, 9.17) is 10.0 Å². The summed E-state index contributed by atoms with van der Waals surface area (Å²) in [5.74, 6) is 0. The van der Waals surface area contributed by atoms with Gasteiger partial charge in [0.25, 0.3) is 0 Å². The summed E-state index contributed by atoms with van der Waals surface area (Å²) in [4.78, 5) is 0. The lowest BCUT2D eigenvalue weighted by Gasteiger charge is -2.05. The molecule has 0 spiro atoms. The zero-order valence-corrected chi connectivity index (χ0v) is 7.41. The van der Waals surface area contributed by atoms with Gasteiger partial charge in [-0.15, -0.1) is 0 Å². The van der Waals surface area contributed by atoms with Gasteiger partial charge >= 0.3 is 7.12 Å². The summed E-state index contributed by atoms with van der Waals surface area (Å²) in [6.07, 6.45) is 0.313. The Hall–Kier alpha value is -0.795. The third-order valence-corrected chi connectivity index (χ3v) is 1.91. The van der Waals surface area contributed by atoms with Crippen molar-refractivity contribution < 1.29 is 10.0 Å². The van der Waals surface area contributed by atoms with E-state index in [2.05, 4.69) is 0 Å². The molecule has 2 nitrogen and oxygen atoms in total. The van der Waals surface area contributed by atoms with E-state index in [0.717, 1.165) is 16.7 Å². The van der Waals surface area contributed by atoms with Crippen LogP contribution in [-0.4, -0.2) is 17.2 Å². The first kappa shape index (κ1) is 9.29.